The number of carbonyl (C=O) groups excluding carboxylic acids is 2. The van der Waals surface area contributed by atoms with Crippen molar-refractivity contribution < 1.29 is 14.3 Å². The van der Waals surface area contributed by atoms with Gasteiger partial charge in [-0.1, -0.05) is 80.9 Å². The number of allylic oxidation sites excluding steroid dienone is 1. The number of rotatable bonds is 13. The lowest BCUT2D eigenvalue weighted by molar-refractivity contribution is -0.141. The first kappa shape index (κ1) is 26.5. The van der Waals surface area contributed by atoms with Gasteiger partial charge in [-0.15, -0.1) is 0 Å². The summed E-state index contributed by atoms with van der Waals surface area (Å²) < 4.78 is 5.04. The van der Waals surface area contributed by atoms with Gasteiger partial charge in [-0.25, -0.2) is 4.79 Å². The first-order valence-electron chi connectivity index (χ1n) is 12.0. The molecule has 2 aromatic rings. The normalized spacial score (nSPS) is 12.9. The van der Waals surface area contributed by atoms with E-state index in [4.69, 9.17) is 4.74 Å². The lowest BCUT2D eigenvalue weighted by Gasteiger charge is -2.41. The summed E-state index contributed by atoms with van der Waals surface area (Å²) in [5.74, 6) is -0.163. The van der Waals surface area contributed by atoms with Gasteiger partial charge < -0.3 is 9.64 Å². The third-order valence-electron chi connectivity index (χ3n) is 6.23. The fourth-order valence-electron chi connectivity index (χ4n) is 4.40. The molecular weight excluding hydrogens is 410 g/mol. The van der Waals surface area contributed by atoms with Crippen LogP contribution < -0.4 is 0 Å². The Labute approximate surface area is 199 Å². The third-order valence-corrected chi connectivity index (χ3v) is 6.23. The van der Waals surface area contributed by atoms with Crippen molar-refractivity contribution in [3.8, 4) is 0 Å². The van der Waals surface area contributed by atoms with Crippen LogP contribution in [0.4, 0.5) is 0 Å². The van der Waals surface area contributed by atoms with Crippen LogP contribution in [0.1, 0.15) is 58.1 Å². The van der Waals surface area contributed by atoms with E-state index in [0.717, 1.165) is 19.4 Å². The molecule has 0 saturated heterocycles. The number of benzene rings is 2. The maximum absolute atomic E-state index is 12.3. The van der Waals surface area contributed by atoms with E-state index in [1.807, 2.05) is 0 Å². The number of hydrogen-bond donors (Lipinski definition) is 0. The van der Waals surface area contributed by atoms with Crippen molar-refractivity contribution in [3.63, 3.8) is 0 Å². The molecule has 0 spiro atoms. The molecule has 178 valence electrons. The molecule has 33 heavy (non-hydrogen) atoms. The van der Waals surface area contributed by atoms with Crippen molar-refractivity contribution in [2.45, 2.75) is 58.5 Å². The molecule has 0 aromatic heterocycles. The zero-order valence-electron chi connectivity index (χ0n) is 20.8. The summed E-state index contributed by atoms with van der Waals surface area (Å²) in [5, 5.41) is 0. The van der Waals surface area contributed by atoms with Gasteiger partial charge in [-0.2, -0.15) is 0 Å². The number of hydrogen-bond acceptors (Lipinski definition) is 4. The predicted octanol–water partition coefficient (Wildman–Crippen LogP) is 5.81. The molecule has 0 amide bonds. The van der Waals surface area contributed by atoms with Crippen LogP contribution in [0.25, 0.3) is 0 Å². The minimum absolute atomic E-state index is 0.0662. The number of ether oxygens (including phenoxy) is 1. The predicted molar refractivity (Wildman–Crippen MR) is 135 cm³/mol. The van der Waals surface area contributed by atoms with Crippen molar-refractivity contribution in [2.24, 2.45) is 5.92 Å². The number of esters is 1. The van der Waals surface area contributed by atoms with Crippen LogP contribution in [-0.4, -0.2) is 42.9 Å². The second-order valence-corrected chi connectivity index (χ2v) is 9.22. The van der Waals surface area contributed by atoms with E-state index in [1.54, 1.807) is 13.8 Å². The van der Waals surface area contributed by atoms with Gasteiger partial charge in [0.2, 0.25) is 0 Å². The van der Waals surface area contributed by atoms with E-state index in [-0.39, 0.29) is 17.3 Å². The molecule has 2 rings (SSSR count). The van der Waals surface area contributed by atoms with Crippen LogP contribution in [0.5, 0.6) is 0 Å². The molecule has 0 aliphatic rings. The molecule has 4 heteroatoms. The highest BCUT2D eigenvalue weighted by molar-refractivity contribution is 5.95. The summed E-state index contributed by atoms with van der Waals surface area (Å²) >= 11 is 0. The molecule has 0 N–H and O–H groups in total. The van der Waals surface area contributed by atoms with E-state index in [9.17, 15) is 9.59 Å². The summed E-state index contributed by atoms with van der Waals surface area (Å²) in [6, 6.07) is 21.5. The molecule has 2 aromatic carbocycles. The molecule has 0 saturated carbocycles. The summed E-state index contributed by atoms with van der Waals surface area (Å²) in [6.45, 7) is 9.67. The van der Waals surface area contributed by atoms with Gasteiger partial charge in [0.05, 0.1) is 6.10 Å². The van der Waals surface area contributed by atoms with Gasteiger partial charge in [0.25, 0.3) is 0 Å². The molecule has 0 bridgehead atoms. The minimum atomic E-state index is -0.476. The van der Waals surface area contributed by atoms with E-state index in [1.165, 1.54) is 23.3 Å². The smallest absolute Gasteiger partial charge is 0.331 e. The Hall–Kier alpha value is -2.72. The Morgan fingerprint density at radius 2 is 1.52 bits per heavy atom. The van der Waals surface area contributed by atoms with E-state index < -0.39 is 5.97 Å². The van der Waals surface area contributed by atoms with Crippen LogP contribution in [0.2, 0.25) is 0 Å². The zero-order chi connectivity index (χ0) is 24.3. The Balaban J connectivity index is 2.13. The molecule has 1 unspecified atom stereocenters. The summed E-state index contributed by atoms with van der Waals surface area (Å²) in [5.41, 5.74) is 2.48. The quantitative estimate of drug-likeness (QED) is 0.286. The van der Waals surface area contributed by atoms with E-state index >= 15 is 0 Å². The molecule has 0 heterocycles. The topological polar surface area (TPSA) is 46.6 Å². The van der Waals surface area contributed by atoms with Gasteiger partial charge in [-0.05, 0) is 50.4 Å². The first-order chi connectivity index (χ1) is 15.8. The number of nitrogens with zero attached hydrogens (tertiary/aromatic N) is 1. The first-order valence-corrected chi connectivity index (χ1v) is 12.0. The van der Waals surface area contributed by atoms with Gasteiger partial charge in [0.1, 0.15) is 0 Å². The van der Waals surface area contributed by atoms with Crippen molar-refractivity contribution >= 4 is 11.8 Å². The Morgan fingerprint density at radius 1 is 0.970 bits per heavy atom. The zero-order valence-corrected chi connectivity index (χ0v) is 20.8. The average Bonchev–Trinajstić information content (AvgIpc) is 2.81. The Morgan fingerprint density at radius 3 is 2.00 bits per heavy atom. The van der Waals surface area contributed by atoms with Crippen molar-refractivity contribution in [1.29, 1.82) is 0 Å². The highest BCUT2D eigenvalue weighted by Crippen LogP contribution is 2.41. The molecular formula is C29H39NO3. The fourth-order valence-corrected chi connectivity index (χ4v) is 4.40. The maximum atomic E-state index is 12.3. The van der Waals surface area contributed by atoms with E-state index in [2.05, 4.69) is 86.5 Å². The van der Waals surface area contributed by atoms with Crippen LogP contribution in [-0.2, 0) is 19.7 Å². The van der Waals surface area contributed by atoms with Crippen molar-refractivity contribution in [1.82, 2.24) is 4.90 Å². The maximum Gasteiger partial charge on any atom is 0.331 e. The lowest BCUT2D eigenvalue weighted by Crippen LogP contribution is -2.41. The standard InChI is InChI=1S/C29H39NO3/c1-6-13-26(22-30(5)21-20-27(31)18-19-28(32)33-23(2)3)29(4,24-14-9-7-10-15-24)25-16-11-8-12-17-25/h7-12,14-19,23,26H,6,13,20-22H2,1-5H3/b19-18-. The van der Waals surface area contributed by atoms with Gasteiger partial charge in [0, 0.05) is 31.0 Å². The van der Waals surface area contributed by atoms with Gasteiger partial charge in [-0.3, -0.25) is 4.79 Å². The number of ketones is 1. The Kier molecular flexibility index (Phi) is 10.5. The highest BCUT2D eigenvalue weighted by atomic mass is 16.5. The SMILES string of the molecule is CCCC(CN(C)CCC(=O)/C=C\C(=O)OC(C)C)C(C)(c1ccccc1)c1ccccc1. The van der Waals surface area contributed by atoms with Crippen molar-refractivity contribution in [3.05, 3.63) is 83.9 Å². The summed E-state index contributed by atoms with van der Waals surface area (Å²) in [6.07, 6.45) is 4.91. The average molecular weight is 450 g/mol. The second-order valence-electron chi connectivity index (χ2n) is 9.22. The second kappa shape index (κ2) is 13.1. The Bertz CT molecular complexity index is 850. The molecule has 4 nitrogen and oxygen atoms in total. The van der Waals surface area contributed by atoms with Gasteiger partial charge >= 0.3 is 5.97 Å². The molecule has 0 aliphatic heterocycles. The van der Waals surface area contributed by atoms with Crippen LogP contribution in [0, 0.1) is 5.92 Å². The van der Waals surface area contributed by atoms with Crippen LogP contribution >= 0.6 is 0 Å². The summed E-state index contributed by atoms with van der Waals surface area (Å²) in [7, 11) is 2.07. The molecule has 0 aliphatic carbocycles. The minimum Gasteiger partial charge on any atom is -0.460 e. The lowest BCUT2D eigenvalue weighted by atomic mass is 9.65. The molecule has 0 radical (unpaired) electrons. The monoisotopic (exact) mass is 449 g/mol. The summed E-state index contributed by atoms with van der Waals surface area (Å²) in [4.78, 5) is 26.1. The third kappa shape index (κ3) is 7.97. The van der Waals surface area contributed by atoms with Gasteiger partial charge in [0.15, 0.2) is 5.78 Å². The molecule has 1 atom stereocenters. The fraction of sp³-hybridized carbons (Fsp3) is 0.448. The number of carbonyl (C=O) groups is 2. The van der Waals surface area contributed by atoms with Crippen LogP contribution in [0.15, 0.2) is 72.8 Å². The van der Waals surface area contributed by atoms with Crippen LogP contribution in [0.3, 0.4) is 0 Å². The molecule has 0 fully saturated rings. The van der Waals surface area contributed by atoms with Crippen molar-refractivity contribution in [2.75, 3.05) is 20.1 Å². The van der Waals surface area contributed by atoms with E-state index in [0.29, 0.717) is 18.9 Å². The highest BCUT2D eigenvalue weighted by Gasteiger charge is 2.37. The largest absolute Gasteiger partial charge is 0.460 e.